The molecule has 1 aliphatic rings. The van der Waals surface area contributed by atoms with E-state index in [2.05, 4.69) is 26.1 Å². The maximum atomic E-state index is 5.53. The Bertz CT molecular complexity index is 176. The standard InChI is InChI=1S/C14H29NO/c1-4-13(3)15-12-14(8-6-7-9-14)10-11-16-5-2/h13,15H,4-12H2,1-3H3. The fourth-order valence-electron chi connectivity index (χ4n) is 2.61. The highest BCUT2D eigenvalue weighted by atomic mass is 16.5. The van der Waals surface area contributed by atoms with E-state index in [9.17, 15) is 0 Å². The van der Waals surface area contributed by atoms with Crippen molar-refractivity contribution in [3.05, 3.63) is 0 Å². The van der Waals surface area contributed by atoms with Crippen molar-refractivity contribution in [1.29, 1.82) is 0 Å². The minimum atomic E-state index is 0.540. The first-order valence-corrected chi connectivity index (χ1v) is 7.03. The van der Waals surface area contributed by atoms with Gasteiger partial charge in [0, 0.05) is 25.8 Å². The number of hydrogen-bond acceptors (Lipinski definition) is 2. The Morgan fingerprint density at radius 1 is 1.25 bits per heavy atom. The Hall–Kier alpha value is -0.0800. The zero-order valence-electron chi connectivity index (χ0n) is 11.3. The quantitative estimate of drug-likeness (QED) is 0.642. The van der Waals surface area contributed by atoms with Crippen molar-refractivity contribution in [3.63, 3.8) is 0 Å². The van der Waals surface area contributed by atoms with Crippen molar-refractivity contribution in [3.8, 4) is 0 Å². The van der Waals surface area contributed by atoms with E-state index >= 15 is 0 Å². The topological polar surface area (TPSA) is 21.3 Å². The minimum absolute atomic E-state index is 0.540. The molecule has 1 unspecified atom stereocenters. The van der Waals surface area contributed by atoms with Crippen LogP contribution in [0.2, 0.25) is 0 Å². The maximum Gasteiger partial charge on any atom is 0.0471 e. The molecular weight excluding hydrogens is 198 g/mol. The van der Waals surface area contributed by atoms with Gasteiger partial charge in [0.15, 0.2) is 0 Å². The summed E-state index contributed by atoms with van der Waals surface area (Å²) in [4.78, 5) is 0. The van der Waals surface area contributed by atoms with Crippen LogP contribution in [0, 0.1) is 5.41 Å². The molecule has 1 rings (SSSR count). The summed E-state index contributed by atoms with van der Waals surface area (Å²) >= 11 is 0. The van der Waals surface area contributed by atoms with E-state index in [0.717, 1.165) is 13.2 Å². The smallest absolute Gasteiger partial charge is 0.0471 e. The average Bonchev–Trinajstić information content (AvgIpc) is 2.76. The molecule has 16 heavy (non-hydrogen) atoms. The molecule has 0 radical (unpaired) electrons. The summed E-state index contributed by atoms with van der Waals surface area (Å²) in [6.45, 7) is 9.60. The van der Waals surface area contributed by atoms with Crippen molar-refractivity contribution >= 4 is 0 Å². The Kier molecular flexibility index (Phi) is 6.37. The van der Waals surface area contributed by atoms with E-state index in [4.69, 9.17) is 4.74 Å². The van der Waals surface area contributed by atoms with E-state index in [1.807, 2.05) is 0 Å². The third-order valence-electron chi connectivity index (χ3n) is 4.08. The first-order chi connectivity index (χ1) is 7.72. The normalized spacial score (nSPS) is 21.2. The Balaban J connectivity index is 2.33. The molecule has 1 saturated carbocycles. The van der Waals surface area contributed by atoms with Gasteiger partial charge in [-0.15, -0.1) is 0 Å². The molecule has 0 aromatic rings. The molecule has 0 spiro atoms. The molecule has 0 saturated heterocycles. The molecule has 1 aliphatic carbocycles. The van der Waals surface area contributed by atoms with Gasteiger partial charge in [0.2, 0.25) is 0 Å². The zero-order chi connectivity index (χ0) is 11.9. The average molecular weight is 227 g/mol. The third kappa shape index (κ3) is 4.42. The second kappa shape index (κ2) is 7.29. The van der Waals surface area contributed by atoms with Gasteiger partial charge in [-0.2, -0.15) is 0 Å². The fourth-order valence-corrected chi connectivity index (χ4v) is 2.61. The molecular formula is C14H29NO. The number of nitrogens with one attached hydrogen (secondary N) is 1. The van der Waals surface area contributed by atoms with E-state index in [-0.39, 0.29) is 0 Å². The lowest BCUT2D eigenvalue weighted by Gasteiger charge is -2.30. The SMILES string of the molecule is CCOCCC1(CNC(C)CC)CCCC1. The van der Waals surface area contributed by atoms with Gasteiger partial charge in [-0.1, -0.05) is 19.8 Å². The van der Waals surface area contributed by atoms with Crippen LogP contribution in [0.4, 0.5) is 0 Å². The van der Waals surface area contributed by atoms with Crippen LogP contribution in [0.3, 0.4) is 0 Å². The number of ether oxygens (including phenoxy) is 1. The molecule has 96 valence electrons. The molecule has 2 heteroatoms. The van der Waals surface area contributed by atoms with Gasteiger partial charge in [-0.05, 0) is 44.9 Å². The summed E-state index contributed by atoms with van der Waals surface area (Å²) in [7, 11) is 0. The van der Waals surface area contributed by atoms with E-state index in [0.29, 0.717) is 11.5 Å². The fraction of sp³-hybridized carbons (Fsp3) is 1.00. The van der Waals surface area contributed by atoms with Gasteiger partial charge in [0.25, 0.3) is 0 Å². The van der Waals surface area contributed by atoms with Crippen LogP contribution in [-0.2, 0) is 4.74 Å². The molecule has 1 atom stereocenters. The van der Waals surface area contributed by atoms with Crippen LogP contribution in [0.1, 0.15) is 59.3 Å². The summed E-state index contributed by atoms with van der Waals surface area (Å²) in [5.41, 5.74) is 0.540. The predicted molar refractivity (Wildman–Crippen MR) is 69.8 cm³/mol. The van der Waals surface area contributed by atoms with Crippen molar-refractivity contribution in [2.45, 2.75) is 65.3 Å². The summed E-state index contributed by atoms with van der Waals surface area (Å²) < 4.78 is 5.53. The first-order valence-electron chi connectivity index (χ1n) is 7.03. The lowest BCUT2D eigenvalue weighted by atomic mass is 9.82. The van der Waals surface area contributed by atoms with E-state index in [1.54, 1.807) is 0 Å². The molecule has 0 bridgehead atoms. The molecule has 0 aliphatic heterocycles. The van der Waals surface area contributed by atoms with Crippen LogP contribution in [0.5, 0.6) is 0 Å². The Labute approximate surface area is 101 Å². The van der Waals surface area contributed by atoms with Crippen molar-refractivity contribution in [2.75, 3.05) is 19.8 Å². The van der Waals surface area contributed by atoms with Gasteiger partial charge < -0.3 is 10.1 Å². The summed E-state index contributed by atoms with van der Waals surface area (Å²) in [6, 6.07) is 0.657. The highest BCUT2D eigenvalue weighted by Gasteiger charge is 2.33. The van der Waals surface area contributed by atoms with E-state index in [1.165, 1.54) is 45.1 Å². The number of hydrogen-bond donors (Lipinski definition) is 1. The Morgan fingerprint density at radius 3 is 2.50 bits per heavy atom. The molecule has 2 nitrogen and oxygen atoms in total. The monoisotopic (exact) mass is 227 g/mol. The maximum absolute atomic E-state index is 5.53. The third-order valence-corrected chi connectivity index (χ3v) is 4.08. The van der Waals surface area contributed by atoms with Crippen LogP contribution in [-0.4, -0.2) is 25.8 Å². The predicted octanol–water partition coefficient (Wildman–Crippen LogP) is 3.36. The van der Waals surface area contributed by atoms with Crippen molar-refractivity contribution in [2.24, 2.45) is 5.41 Å². The summed E-state index contributed by atoms with van der Waals surface area (Å²) in [6.07, 6.45) is 8.07. The molecule has 0 aromatic carbocycles. The van der Waals surface area contributed by atoms with Crippen LogP contribution in [0.25, 0.3) is 0 Å². The molecule has 0 heterocycles. The van der Waals surface area contributed by atoms with E-state index < -0.39 is 0 Å². The first kappa shape index (κ1) is 14.0. The van der Waals surface area contributed by atoms with Crippen LogP contribution < -0.4 is 5.32 Å². The zero-order valence-corrected chi connectivity index (χ0v) is 11.3. The lowest BCUT2D eigenvalue weighted by molar-refractivity contribution is 0.102. The molecule has 1 fully saturated rings. The van der Waals surface area contributed by atoms with Crippen LogP contribution in [0.15, 0.2) is 0 Å². The second-order valence-corrected chi connectivity index (χ2v) is 5.34. The van der Waals surface area contributed by atoms with Gasteiger partial charge in [0.1, 0.15) is 0 Å². The lowest BCUT2D eigenvalue weighted by Crippen LogP contribution is -2.37. The highest BCUT2D eigenvalue weighted by Crippen LogP contribution is 2.40. The van der Waals surface area contributed by atoms with Gasteiger partial charge >= 0.3 is 0 Å². The number of rotatable bonds is 8. The summed E-state index contributed by atoms with van der Waals surface area (Å²) in [5, 5.41) is 3.69. The largest absolute Gasteiger partial charge is 0.382 e. The van der Waals surface area contributed by atoms with Gasteiger partial charge in [0.05, 0.1) is 0 Å². The highest BCUT2D eigenvalue weighted by molar-refractivity contribution is 4.87. The Morgan fingerprint density at radius 2 is 1.94 bits per heavy atom. The van der Waals surface area contributed by atoms with Crippen molar-refractivity contribution in [1.82, 2.24) is 5.32 Å². The van der Waals surface area contributed by atoms with Crippen molar-refractivity contribution < 1.29 is 4.74 Å². The molecule has 0 amide bonds. The molecule has 0 aromatic heterocycles. The molecule has 1 N–H and O–H groups in total. The minimum Gasteiger partial charge on any atom is -0.382 e. The van der Waals surface area contributed by atoms with Crippen LogP contribution >= 0.6 is 0 Å². The summed E-state index contributed by atoms with van der Waals surface area (Å²) in [5.74, 6) is 0. The van der Waals surface area contributed by atoms with Gasteiger partial charge in [-0.3, -0.25) is 0 Å². The van der Waals surface area contributed by atoms with Gasteiger partial charge in [-0.25, -0.2) is 0 Å². The second-order valence-electron chi connectivity index (χ2n) is 5.34.